The number of hydrogen-bond donors (Lipinski definition) is 1. The molecule has 166 valence electrons. The van der Waals surface area contributed by atoms with Crippen molar-refractivity contribution in [2.75, 3.05) is 18.4 Å². The SMILES string of the molecule is CCc1ccccc1Nc1nc(C2CCCN(C(=O)c3cnn(C)c3C)C2)c2sccn12. The van der Waals surface area contributed by atoms with Gasteiger partial charge in [0.1, 0.15) is 4.83 Å². The van der Waals surface area contributed by atoms with Gasteiger partial charge in [0.05, 0.1) is 17.5 Å². The normalized spacial score (nSPS) is 16.6. The van der Waals surface area contributed by atoms with Gasteiger partial charge in [0.2, 0.25) is 5.95 Å². The van der Waals surface area contributed by atoms with Gasteiger partial charge >= 0.3 is 0 Å². The smallest absolute Gasteiger partial charge is 0.257 e. The van der Waals surface area contributed by atoms with Gasteiger partial charge in [-0.15, -0.1) is 11.3 Å². The number of imidazole rings is 1. The molecule has 0 saturated carbocycles. The fourth-order valence-corrected chi connectivity index (χ4v) is 5.44. The second kappa shape index (κ2) is 8.43. The van der Waals surface area contributed by atoms with E-state index in [1.54, 1.807) is 22.2 Å². The number of aromatic nitrogens is 4. The van der Waals surface area contributed by atoms with Crippen LogP contribution < -0.4 is 5.32 Å². The number of benzene rings is 1. The molecule has 32 heavy (non-hydrogen) atoms. The van der Waals surface area contributed by atoms with Crippen molar-refractivity contribution < 1.29 is 4.79 Å². The number of nitrogens with one attached hydrogen (secondary N) is 1. The molecule has 7 nitrogen and oxygen atoms in total. The van der Waals surface area contributed by atoms with Gasteiger partial charge < -0.3 is 10.2 Å². The van der Waals surface area contributed by atoms with Gasteiger partial charge in [0, 0.05) is 49.0 Å². The highest BCUT2D eigenvalue weighted by Gasteiger charge is 2.30. The molecule has 1 aliphatic heterocycles. The van der Waals surface area contributed by atoms with Crippen LogP contribution >= 0.6 is 11.3 Å². The van der Waals surface area contributed by atoms with Crippen LogP contribution in [0, 0.1) is 6.92 Å². The third-order valence-electron chi connectivity index (χ3n) is 6.49. The standard InChI is InChI=1S/C24H28N6OS/c1-4-17-8-5-6-10-20(17)26-24-27-21(23-30(24)12-13-32-23)18-9-7-11-29(15-18)22(31)19-14-25-28(3)16(19)2/h5-6,8,10,12-14,18H,4,7,9,11,15H2,1-3H3,(H,26,27). The number of carbonyl (C=O) groups excluding carboxylic acids is 1. The van der Waals surface area contributed by atoms with Crippen LogP contribution in [0.4, 0.5) is 11.6 Å². The molecule has 3 aromatic heterocycles. The topological polar surface area (TPSA) is 67.5 Å². The number of aryl methyl sites for hydroxylation is 2. The van der Waals surface area contributed by atoms with Crippen LogP contribution in [0.25, 0.3) is 4.83 Å². The zero-order valence-corrected chi connectivity index (χ0v) is 19.5. The average molecular weight is 449 g/mol. The first-order chi connectivity index (χ1) is 15.6. The van der Waals surface area contributed by atoms with Crippen molar-refractivity contribution in [3.8, 4) is 0 Å². The Balaban J connectivity index is 1.43. The number of fused-ring (bicyclic) bond motifs is 1. The van der Waals surface area contributed by atoms with Crippen LogP contribution in [0.1, 0.15) is 53.0 Å². The molecule has 0 radical (unpaired) electrons. The summed E-state index contributed by atoms with van der Waals surface area (Å²) in [4.78, 5) is 21.3. The second-order valence-electron chi connectivity index (χ2n) is 8.39. The van der Waals surface area contributed by atoms with Gasteiger partial charge in [0.25, 0.3) is 5.91 Å². The Kier molecular flexibility index (Phi) is 5.46. The quantitative estimate of drug-likeness (QED) is 0.478. The zero-order valence-electron chi connectivity index (χ0n) is 18.7. The lowest BCUT2D eigenvalue weighted by molar-refractivity contribution is 0.0705. The van der Waals surface area contributed by atoms with Gasteiger partial charge in [0.15, 0.2) is 0 Å². The van der Waals surface area contributed by atoms with Gasteiger partial charge in [-0.25, -0.2) is 4.98 Å². The zero-order chi connectivity index (χ0) is 22.2. The first-order valence-electron chi connectivity index (χ1n) is 11.1. The number of para-hydroxylation sites is 1. The minimum Gasteiger partial charge on any atom is -0.338 e. The third kappa shape index (κ3) is 3.58. The fraction of sp³-hybridized carbons (Fsp3) is 0.375. The van der Waals surface area contributed by atoms with Crippen LogP contribution in [0.3, 0.4) is 0 Å². The first kappa shape index (κ1) is 20.8. The first-order valence-corrected chi connectivity index (χ1v) is 12.0. The lowest BCUT2D eigenvalue weighted by atomic mass is 9.94. The summed E-state index contributed by atoms with van der Waals surface area (Å²) in [6.45, 7) is 5.57. The van der Waals surface area contributed by atoms with Gasteiger partial charge in [-0.2, -0.15) is 5.10 Å². The van der Waals surface area contributed by atoms with Crippen molar-refractivity contribution in [2.24, 2.45) is 7.05 Å². The molecule has 1 amide bonds. The summed E-state index contributed by atoms with van der Waals surface area (Å²) >= 11 is 1.70. The highest BCUT2D eigenvalue weighted by Crippen LogP contribution is 2.35. The summed E-state index contributed by atoms with van der Waals surface area (Å²) in [5.41, 5.74) is 5.03. The molecule has 5 rings (SSSR count). The predicted octanol–water partition coefficient (Wildman–Crippen LogP) is 4.76. The molecule has 0 bridgehead atoms. The summed E-state index contributed by atoms with van der Waals surface area (Å²) in [6.07, 6.45) is 6.72. The summed E-state index contributed by atoms with van der Waals surface area (Å²) in [7, 11) is 1.87. The number of thiazole rings is 1. The van der Waals surface area contributed by atoms with Gasteiger partial charge in [-0.05, 0) is 37.8 Å². The van der Waals surface area contributed by atoms with Crippen molar-refractivity contribution in [3.63, 3.8) is 0 Å². The van der Waals surface area contributed by atoms with E-state index >= 15 is 0 Å². The van der Waals surface area contributed by atoms with E-state index in [2.05, 4.69) is 51.5 Å². The van der Waals surface area contributed by atoms with E-state index in [1.807, 2.05) is 24.9 Å². The van der Waals surface area contributed by atoms with Crippen molar-refractivity contribution in [2.45, 2.75) is 39.0 Å². The van der Waals surface area contributed by atoms with Crippen LogP contribution in [-0.2, 0) is 13.5 Å². The Morgan fingerprint density at radius 2 is 2.16 bits per heavy atom. The molecule has 1 N–H and O–H groups in total. The molecule has 4 aromatic rings. The Morgan fingerprint density at radius 1 is 1.31 bits per heavy atom. The predicted molar refractivity (Wildman–Crippen MR) is 128 cm³/mol. The van der Waals surface area contributed by atoms with E-state index < -0.39 is 0 Å². The fourth-order valence-electron chi connectivity index (χ4n) is 4.54. The van der Waals surface area contributed by atoms with Crippen LogP contribution in [0.2, 0.25) is 0 Å². The second-order valence-corrected chi connectivity index (χ2v) is 9.29. The van der Waals surface area contributed by atoms with E-state index in [9.17, 15) is 4.79 Å². The largest absolute Gasteiger partial charge is 0.338 e. The Bertz CT molecular complexity index is 1270. The van der Waals surface area contributed by atoms with Crippen molar-refractivity contribution >= 4 is 33.7 Å². The third-order valence-corrected chi connectivity index (χ3v) is 7.37. The summed E-state index contributed by atoms with van der Waals surface area (Å²) in [6, 6.07) is 8.36. The number of likely N-dealkylation sites (tertiary alicyclic amines) is 1. The van der Waals surface area contributed by atoms with Gasteiger partial charge in [-0.1, -0.05) is 25.1 Å². The molecule has 0 aliphatic carbocycles. The number of carbonyl (C=O) groups is 1. The Hall–Kier alpha value is -3.13. The van der Waals surface area contributed by atoms with Crippen molar-refractivity contribution in [1.29, 1.82) is 0 Å². The molecule has 1 fully saturated rings. The van der Waals surface area contributed by atoms with Crippen molar-refractivity contribution in [3.05, 3.63) is 64.6 Å². The van der Waals surface area contributed by atoms with E-state index in [1.165, 1.54) is 5.56 Å². The molecular formula is C24H28N6OS. The van der Waals surface area contributed by atoms with E-state index in [4.69, 9.17) is 4.98 Å². The lowest BCUT2D eigenvalue weighted by Crippen LogP contribution is -2.39. The molecule has 0 spiro atoms. The highest BCUT2D eigenvalue weighted by molar-refractivity contribution is 7.15. The molecule has 4 heterocycles. The highest BCUT2D eigenvalue weighted by atomic mass is 32.1. The number of anilines is 2. The molecular weight excluding hydrogens is 420 g/mol. The number of rotatable bonds is 5. The summed E-state index contributed by atoms with van der Waals surface area (Å²) in [5.74, 6) is 1.12. The Labute approximate surface area is 191 Å². The molecule has 1 saturated heterocycles. The Morgan fingerprint density at radius 3 is 2.94 bits per heavy atom. The lowest BCUT2D eigenvalue weighted by Gasteiger charge is -2.32. The monoisotopic (exact) mass is 448 g/mol. The maximum absolute atomic E-state index is 13.2. The molecule has 1 aliphatic rings. The number of nitrogens with zero attached hydrogens (tertiary/aromatic N) is 5. The maximum Gasteiger partial charge on any atom is 0.257 e. The van der Waals surface area contributed by atoms with Crippen LogP contribution in [0.15, 0.2) is 42.0 Å². The maximum atomic E-state index is 13.2. The van der Waals surface area contributed by atoms with E-state index in [0.29, 0.717) is 12.1 Å². The number of piperidine rings is 1. The van der Waals surface area contributed by atoms with Gasteiger partial charge in [-0.3, -0.25) is 13.9 Å². The molecule has 1 unspecified atom stereocenters. The van der Waals surface area contributed by atoms with Crippen LogP contribution in [0.5, 0.6) is 0 Å². The number of amides is 1. The summed E-state index contributed by atoms with van der Waals surface area (Å²) < 4.78 is 3.89. The molecule has 8 heteroatoms. The van der Waals surface area contributed by atoms with E-state index in [-0.39, 0.29) is 11.8 Å². The molecule has 1 atom stereocenters. The summed E-state index contributed by atoms with van der Waals surface area (Å²) in [5, 5.41) is 9.90. The average Bonchev–Trinajstić information content (AvgIpc) is 3.51. The molecule has 1 aromatic carbocycles. The van der Waals surface area contributed by atoms with Crippen LogP contribution in [-0.4, -0.2) is 43.1 Å². The minimum absolute atomic E-state index is 0.0668. The number of hydrogen-bond acceptors (Lipinski definition) is 5. The minimum atomic E-state index is 0.0668. The van der Waals surface area contributed by atoms with E-state index in [0.717, 1.165) is 53.7 Å². The van der Waals surface area contributed by atoms with Crippen molar-refractivity contribution in [1.82, 2.24) is 24.1 Å².